The molecule has 0 aliphatic heterocycles. The number of benzene rings is 1. The van der Waals surface area contributed by atoms with E-state index in [0.717, 1.165) is 19.0 Å². The van der Waals surface area contributed by atoms with Gasteiger partial charge in [0.05, 0.1) is 0 Å². The minimum atomic E-state index is 0.942. The Morgan fingerprint density at radius 2 is 1.89 bits per heavy atom. The van der Waals surface area contributed by atoms with Crippen LogP contribution in [0.3, 0.4) is 0 Å². The van der Waals surface area contributed by atoms with Gasteiger partial charge in [-0.25, -0.2) is 0 Å². The molecule has 0 saturated heterocycles. The number of hydrogen-bond donors (Lipinski definition) is 1. The van der Waals surface area contributed by atoms with Gasteiger partial charge in [0.2, 0.25) is 0 Å². The summed E-state index contributed by atoms with van der Waals surface area (Å²) in [5, 5.41) is 3.54. The number of hydrogen-bond acceptors (Lipinski definition) is 2. The third-order valence-electron chi connectivity index (χ3n) is 4.25. The lowest BCUT2D eigenvalue weighted by molar-refractivity contribution is 0.239. The van der Waals surface area contributed by atoms with Crippen molar-refractivity contribution in [1.82, 2.24) is 4.90 Å². The maximum Gasteiger partial charge on any atom is 0.0370 e. The van der Waals surface area contributed by atoms with Crippen LogP contribution >= 0.6 is 0 Å². The molecule has 0 amide bonds. The number of aryl methyl sites for hydroxylation is 1. The van der Waals surface area contributed by atoms with E-state index in [2.05, 4.69) is 48.5 Å². The Kier molecular flexibility index (Phi) is 5.71. The van der Waals surface area contributed by atoms with Crippen molar-refractivity contribution in [2.75, 3.05) is 32.0 Å². The molecule has 19 heavy (non-hydrogen) atoms. The fourth-order valence-corrected chi connectivity index (χ4v) is 3.05. The molecular formula is C17H28N2. The largest absolute Gasteiger partial charge is 0.384 e. The molecule has 2 rings (SSSR count). The average Bonchev–Trinajstić information content (AvgIpc) is 2.42. The van der Waals surface area contributed by atoms with Crippen LogP contribution in [0.5, 0.6) is 0 Å². The number of nitrogens with one attached hydrogen (secondary N) is 1. The summed E-state index contributed by atoms with van der Waals surface area (Å²) in [5.41, 5.74) is 2.60. The quantitative estimate of drug-likeness (QED) is 0.834. The van der Waals surface area contributed by atoms with Crippen LogP contribution in [-0.2, 0) is 0 Å². The summed E-state index contributed by atoms with van der Waals surface area (Å²) in [6.07, 6.45) is 7.22. The Bertz CT molecular complexity index is 369. The van der Waals surface area contributed by atoms with E-state index < -0.39 is 0 Å². The SMILES string of the molecule is Cc1ccccc1NCCN(C)CC1CCCCC1. The summed E-state index contributed by atoms with van der Waals surface area (Å²) >= 11 is 0. The van der Waals surface area contributed by atoms with E-state index in [0.29, 0.717) is 0 Å². The van der Waals surface area contributed by atoms with E-state index >= 15 is 0 Å². The Morgan fingerprint density at radius 1 is 1.16 bits per heavy atom. The Morgan fingerprint density at radius 3 is 2.63 bits per heavy atom. The number of para-hydroxylation sites is 1. The van der Waals surface area contributed by atoms with Gasteiger partial charge in [-0.3, -0.25) is 0 Å². The van der Waals surface area contributed by atoms with E-state index in [1.54, 1.807) is 0 Å². The van der Waals surface area contributed by atoms with Crippen LogP contribution < -0.4 is 5.32 Å². The molecule has 0 spiro atoms. The highest BCUT2D eigenvalue weighted by Gasteiger charge is 2.14. The van der Waals surface area contributed by atoms with Crippen molar-refractivity contribution in [2.45, 2.75) is 39.0 Å². The van der Waals surface area contributed by atoms with Gasteiger partial charge in [-0.15, -0.1) is 0 Å². The topological polar surface area (TPSA) is 15.3 Å². The molecule has 2 heteroatoms. The predicted molar refractivity (Wildman–Crippen MR) is 83.7 cm³/mol. The van der Waals surface area contributed by atoms with Gasteiger partial charge in [0.15, 0.2) is 0 Å². The molecule has 1 fully saturated rings. The number of rotatable bonds is 6. The van der Waals surface area contributed by atoms with Crippen LogP contribution in [-0.4, -0.2) is 31.6 Å². The van der Waals surface area contributed by atoms with Crippen LogP contribution in [0.15, 0.2) is 24.3 Å². The van der Waals surface area contributed by atoms with E-state index in [9.17, 15) is 0 Å². The lowest BCUT2D eigenvalue weighted by atomic mass is 9.89. The minimum absolute atomic E-state index is 0.942. The molecule has 0 unspecified atom stereocenters. The highest BCUT2D eigenvalue weighted by Crippen LogP contribution is 2.24. The lowest BCUT2D eigenvalue weighted by Gasteiger charge is -2.27. The molecule has 0 aromatic heterocycles. The van der Waals surface area contributed by atoms with Crippen LogP contribution in [0.2, 0.25) is 0 Å². The van der Waals surface area contributed by atoms with E-state index in [4.69, 9.17) is 0 Å². The third kappa shape index (κ3) is 4.87. The van der Waals surface area contributed by atoms with Gasteiger partial charge < -0.3 is 10.2 Å². The second kappa shape index (κ2) is 7.54. The van der Waals surface area contributed by atoms with Gasteiger partial charge in [0.1, 0.15) is 0 Å². The van der Waals surface area contributed by atoms with Crippen molar-refractivity contribution < 1.29 is 0 Å². The molecule has 1 aromatic rings. The zero-order chi connectivity index (χ0) is 13.5. The van der Waals surface area contributed by atoms with Gasteiger partial charge in [0.25, 0.3) is 0 Å². The van der Waals surface area contributed by atoms with Crippen molar-refractivity contribution in [3.63, 3.8) is 0 Å². The summed E-state index contributed by atoms with van der Waals surface area (Å²) < 4.78 is 0. The second-order valence-corrected chi connectivity index (χ2v) is 6.01. The van der Waals surface area contributed by atoms with Crippen LogP contribution in [0.4, 0.5) is 5.69 Å². The highest BCUT2D eigenvalue weighted by atomic mass is 15.1. The van der Waals surface area contributed by atoms with Crippen molar-refractivity contribution in [2.24, 2.45) is 5.92 Å². The normalized spacial score (nSPS) is 16.8. The maximum atomic E-state index is 3.54. The fraction of sp³-hybridized carbons (Fsp3) is 0.647. The second-order valence-electron chi connectivity index (χ2n) is 6.01. The molecule has 2 nitrogen and oxygen atoms in total. The standard InChI is InChI=1S/C17H28N2/c1-15-8-6-7-11-17(15)18-12-13-19(2)14-16-9-4-3-5-10-16/h6-8,11,16,18H,3-5,9-10,12-14H2,1-2H3. The summed E-state index contributed by atoms with van der Waals surface area (Å²) in [5.74, 6) is 0.942. The number of likely N-dealkylation sites (N-methyl/N-ethyl adjacent to an activating group) is 1. The van der Waals surface area contributed by atoms with Crippen molar-refractivity contribution in [3.05, 3.63) is 29.8 Å². The molecule has 1 N–H and O–H groups in total. The molecule has 1 aliphatic carbocycles. The van der Waals surface area contributed by atoms with Gasteiger partial charge in [-0.2, -0.15) is 0 Å². The summed E-state index contributed by atoms with van der Waals surface area (Å²) in [7, 11) is 2.26. The molecule has 1 aliphatic rings. The van der Waals surface area contributed by atoms with Crippen molar-refractivity contribution in [3.8, 4) is 0 Å². The molecule has 1 saturated carbocycles. The van der Waals surface area contributed by atoms with Crippen LogP contribution in [0.1, 0.15) is 37.7 Å². The molecule has 0 radical (unpaired) electrons. The first-order chi connectivity index (χ1) is 9.25. The molecule has 1 aromatic carbocycles. The number of anilines is 1. The van der Waals surface area contributed by atoms with Crippen molar-refractivity contribution in [1.29, 1.82) is 0 Å². The summed E-state index contributed by atoms with van der Waals surface area (Å²) in [6, 6.07) is 8.52. The monoisotopic (exact) mass is 260 g/mol. The fourth-order valence-electron chi connectivity index (χ4n) is 3.05. The number of nitrogens with zero attached hydrogens (tertiary/aromatic N) is 1. The third-order valence-corrected chi connectivity index (χ3v) is 4.25. The summed E-state index contributed by atoms with van der Waals surface area (Å²) in [4.78, 5) is 2.49. The lowest BCUT2D eigenvalue weighted by Crippen LogP contribution is -2.31. The Hall–Kier alpha value is -1.02. The smallest absolute Gasteiger partial charge is 0.0370 e. The Balaban J connectivity index is 1.66. The zero-order valence-corrected chi connectivity index (χ0v) is 12.5. The van der Waals surface area contributed by atoms with Gasteiger partial charge in [-0.05, 0) is 44.4 Å². The molecule has 0 atom stereocenters. The van der Waals surface area contributed by atoms with Crippen LogP contribution in [0, 0.1) is 12.8 Å². The van der Waals surface area contributed by atoms with Crippen LogP contribution in [0.25, 0.3) is 0 Å². The predicted octanol–water partition coefficient (Wildman–Crippen LogP) is 3.92. The van der Waals surface area contributed by atoms with Gasteiger partial charge in [0, 0.05) is 25.3 Å². The first kappa shape index (κ1) is 14.4. The average molecular weight is 260 g/mol. The highest BCUT2D eigenvalue weighted by molar-refractivity contribution is 5.50. The minimum Gasteiger partial charge on any atom is -0.384 e. The first-order valence-electron chi connectivity index (χ1n) is 7.74. The molecule has 106 valence electrons. The molecule has 0 bridgehead atoms. The molecule has 0 heterocycles. The Labute approximate surface area is 118 Å². The van der Waals surface area contributed by atoms with Gasteiger partial charge >= 0.3 is 0 Å². The summed E-state index contributed by atoms with van der Waals surface area (Å²) in [6.45, 7) is 5.60. The first-order valence-corrected chi connectivity index (χ1v) is 7.74. The van der Waals surface area contributed by atoms with Crippen molar-refractivity contribution >= 4 is 5.69 Å². The van der Waals surface area contributed by atoms with E-state index in [1.807, 2.05) is 0 Å². The van der Waals surface area contributed by atoms with Gasteiger partial charge in [-0.1, -0.05) is 37.5 Å². The van der Waals surface area contributed by atoms with E-state index in [1.165, 1.54) is 49.9 Å². The maximum absolute atomic E-state index is 3.54. The molecular weight excluding hydrogens is 232 g/mol. The van der Waals surface area contributed by atoms with E-state index in [-0.39, 0.29) is 0 Å². The zero-order valence-electron chi connectivity index (χ0n) is 12.5.